The van der Waals surface area contributed by atoms with Crippen molar-refractivity contribution >= 4 is 5.97 Å². The molecule has 0 aliphatic heterocycles. The Hall–Kier alpha value is -0.530. The van der Waals surface area contributed by atoms with Gasteiger partial charge in [0.15, 0.2) is 0 Å². The SMILES string of the molecule is CCC12CC3CC1CC(CC(=O)O)(C3)C2. The lowest BCUT2D eigenvalue weighted by Crippen LogP contribution is -2.31. The Morgan fingerprint density at radius 3 is 2.80 bits per heavy atom. The van der Waals surface area contributed by atoms with Crippen molar-refractivity contribution in [1.82, 2.24) is 0 Å². The fraction of sp³-hybridized carbons (Fsp3) is 0.923. The summed E-state index contributed by atoms with van der Waals surface area (Å²) in [6, 6.07) is 0. The molecule has 0 heterocycles. The van der Waals surface area contributed by atoms with Gasteiger partial charge in [0.2, 0.25) is 0 Å². The van der Waals surface area contributed by atoms with Gasteiger partial charge in [0.25, 0.3) is 0 Å². The van der Waals surface area contributed by atoms with Gasteiger partial charge in [0.1, 0.15) is 0 Å². The molecule has 2 heteroatoms. The molecule has 4 unspecified atom stereocenters. The molecule has 4 bridgehead atoms. The van der Waals surface area contributed by atoms with Gasteiger partial charge in [-0.3, -0.25) is 4.79 Å². The zero-order chi connectivity index (χ0) is 10.7. The van der Waals surface area contributed by atoms with Crippen molar-refractivity contribution in [2.24, 2.45) is 22.7 Å². The van der Waals surface area contributed by atoms with Crippen LogP contribution >= 0.6 is 0 Å². The van der Waals surface area contributed by atoms with Crippen LogP contribution in [0.25, 0.3) is 0 Å². The molecule has 15 heavy (non-hydrogen) atoms. The highest BCUT2D eigenvalue weighted by atomic mass is 16.4. The molecule has 4 aliphatic carbocycles. The number of hydrogen-bond donors (Lipinski definition) is 1. The molecule has 1 N–H and O–H groups in total. The second-order valence-electron chi connectivity index (χ2n) is 6.37. The van der Waals surface area contributed by atoms with E-state index in [4.69, 9.17) is 5.11 Å². The minimum atomic E-state index is -0.580. The van der Waals surface area contributed by atoms with Gasteiger partial charge in [-0.25, -0.2) is 0 Å². The lowest BCUT2D eigenvalue weighted by atomic mass is 9.65. The number of carboxylic acid groups (broad SMARTS) is 1. The highest BCUT2D eigenvalue weighted by molar-refractivity contribution is 5.68. The zero-order valence-corrected chi connectivity index (χ0v) is 9.46. The highest BCUT2D eigenvalue weighted by Gasteiger charge is 2.63. The predicted molar refractivity (Wildman–Crippen MR) is 57.5 cm³/mol. The van der Waals surface area contributed by atoms with Crippen LogP contribution in [0.15, 0.2) is 0 Å². The third-order valence-electron chi connectivity index (χ3n) is 5.54. The Morgan fingerprint density at radius 2 is 2.20 bits per heavy atom. The average Bonchev–Trinajstić information content (AvgIpc) is 2.48. The minimum Gasteiger partial charge on any atom is -0.481 e. The summed E-state index contributed by atoms with van der Waals surface area (Å²) in [5.74, 6) is 1.14. The summed E-state index contributed by atoms with van der Waals surface area (Å²) in [4.78, 5) is 11.0. The van der Waals surface area contributed by atoms with E-state index in [0.717, 1.165) is 11.8 Å². The molecule has 0 aromatic carbocycles. The maximum Gasteiger partial charge on any atom is 0.303 e. The largest absolute Gasteiger partial charge is 0.481 e. The van der Waals surface area contributed by atoms with Gasteiger partial charge >= 0.3 is 5.97 Å². The van der Waals surface area contributed by atoms with E-state index in [0.29, 0.717) is 11.8 Å². The molecule has 4 fully saturated rings. The zero-order valence-electron chi connectivity index (χ0n) is 9.46. The first-order valence-electron chi connectivity index (χ1n) is 6.29. The molecule has 4 aliphatic rings. The number of rotatable bonds is 3. The first kappa shape index (κ1) is 9.68. The normalized spacial score (nSPS) is 51.3. The summed E-state index contributed by atoms with van der Waals surface area (Å²) in [5, 5.41) is 9.04. The Balaban J connectivity index is 1.89. The van der Waals surface area contributed by atoms with Gasteiger partial charge in [-0.15, -0.1) is 0 Å². The summed E-state index contributed by atoms with van der Waals surface area (Å²) in [6.45, 7) is 2.30. The summed E-state index contributed by atoms with van der Waals surface area (Å²) in [5.41, 5.74) is 0.756. The van der Waals surface area contributed by atoms with E-state index < -0.39 is 5.97 Å². The quantitative estimate of drug-likeness (QED) is 0.774. The summed E-state index contributed by atoms with van der Waals surface area (Å²) >= 11 is 0. The summed E-state index contributed by atoms with van der Waals surface area (Å²) in [6.07, 6.45) is 8.13. The smallest absolute Gasteiger partial charge is 0.303 e. The molecule has 4 atom stereocenters. The number of carbonyl (C=O) groups is 1. The van der Waals surface area contributed by atoms with Crippen LogP contribution in [-0.4, -0.2) is 11.1 Å². The third-order valence-corrected chi connectivity index (χ3v) is 5.54. The van der Waals surface area contributed by atoms with E-state index in [1.807, 2.05) is 0 Å². The Morgan fingerprint density at radius 1 is 1.40 bits per heavy atom. The van der Waals surface area contributed by atoms with Gasteiger partial charge in [-0.2, -0.15) is 0 Å². The van der Waals surface area contributed by atoms with E-state index in [-0.39, 0.29) is 5.41 Å². The third kappa shape index (κ3) is 1.20. The van der Waals surface area contributed by atoms with Crippen molar-refractivity contribution in [2.45, 2.75) is 51.9 Å². The van der Waals surface area contributed by atoms with Crippen molar-refractivity contribution in [3.8, 4) is 0 Å². The second-order valence-corrected chi connectivity index (χ2v) is 6.37. The fourth-order valence-corrected chi connectivity index (χ4v) is 5.34. The van der Waals surface area contributed by atoms with Crippen LogP contribution in [0.1, 0.15) is 51.9 Å². The predicted octanol–water partition coefficient (Wildman–Crippen LogP) is 3.07. The van der Waals surface area contributed by atoms with Crippen LogP contribution in [0, 0.1) is 22.7 Å². The van der Waals surface area contributed by atoms with E-state index >= 15 is 0 Å². The van der Waals surface area contributed by atoms with Gasteiger partial charge in [0.05, 0.1) is 6.42 Å². The molecule has 0 amide bonds. The number of hydrogen-bond acceptors (Lipinski definition) is 1. The second kappa shape index (κ2) is 2.78. The molecule has 0 aromatic rings. The molecule has 0 saturated heterocycles. The average molecular weight is 208 g/mol. The Bertz CT molecular complexity index is 312. The summed E-state index contributed by atoms with van der Waals surface area (Å²) in [7, 11) is 0. The number of aliphatic carboxylic acids is 1. The molecule has 4 saturated carbocycles. The monoisotopic (exact) mass is 208 g/mol. The van der Waals surface area contributed by atoms with E-state index in [1.165, 1.54) is 38.5 Å². The van der Waals surface area contributed by atoms with Crippen molar-refractivity contribution in [1.29, 1.82) is 0 Å². The van der Waals surface area contributed by atoms with E-state index in [2.05, 4.69) is 6.92 Å². The molecule has 0 aromatic heterocycles. The molecule has 2 nitrogen and oxygen atoms in total. The molecule has 84 valence electrons. The lowest BCUT2D eigenvalue weighted by molar-refractivity contribution is -0.140. The molecule has 4 rings (SSSR count). The first-order chi connectivity index (χ1) is 7.07. The van der Waals surface area contributed by atoms with Gasteiger partial charge in [0, 0.05) is 0 Å². The maximum atomic E-state index is 11.0. The van der Waals surface area contributed by atoms with Crippen molar-refractivity contribution < 1.29 is 9.90 Å². The minimum absolute atomic E-state index is 0.202. The van der Waals surface area contributed by atoms with Crippen LogP contribution in [0.2, 0.25) is 0 Å². The Labute approximate surface area is 91.1 Å². The van der Waals surface area contributed by atoms with Crippen LogP contribution in [-0.2, 0) is 4.79 Å². The fourth-order valence-electron chi connectivity index (χ4n) is 5.34. The molecule has 0 radical (unpaired) electrons. The number of carboxylic acids is 1. The van der Waals surface area contributed by atoms with Gasteiger partial charge in [-0.1, -0.05) is 13.3 Å². The first-order valence-corrected chi connectivity index (χ1v) is 6.29. The molecular weight excluding hydrogens is 188 g/mol. The van der Waals surface area contributed by atoms with Gasteiger partial charge < -0.3 is 5.11 Å². The van der Waals surface area contributed by atoms with Crippen LogP contribution < -0.4 is 0 Å². The van der Waals surface area contributed by atoms with Crippen molar-refractivity contribution in [3.05, 3.63) is 0 Å². The lowest BCUT2D eigenvalue weighted by Gasteiger charge is -2.40. The standard InChI is InChI=1S/C13H20O2/c1-2-13-5-9-3-10(13)6-12(4-9,8-13)7-11(14)15/h9-10H,2-8H2,1H3,(H,14,15). The maximum absolute atomic E-state index is 11.0. The Kier molecular flexibility index (Phi) is 1.79. The van der Waals surface area contributed by atoms with Crippen molar-refractivity contribution in [2.75, 3.05) is 0 Å². The van der Waals surface area contributed by atoms with Gasteiger partial charge in [-0.05, 0) is 54.8 Å². The van der Waals surface area contributed by atoms with Crippen molar-refractivity contribution in [3.63, 3.8) is 0 Å². The van der Waals surface area contributed by atoms with Crippen LogP contribution in [0.3, 0.4) is 0 Å². The summed E-state index contributed by atoms with van der Waals surface area (Å²) < 4.78 is 0. The van der Waals surface area contributed by atoms with E-state index in [1.54, 1.807) is 0 Å². The highest BCUT2D eigenvalue weighted by Crippen LogP contribution is 2.72. The van der Waals surface area contributed by atoms with E-state index in [9.17, 15) is 4.79 Å². The molecule has 0 spiro atoms. The van der Waals surface area contributed by atoms with Crippen LogP contribution in [0.4, 0.5) is 0 Å². The van der Waals surface area contributed by atoms with Crippen LogP contribution in [0.5, 0.6) is 0 Å². The topological polar surface area (TPSA) is 37.3 Å². The molecular formula is C13H20O2.